The monoisotopic (exact) mass is 688 g/mol. The summed E-state index contributed by atoms with van der Waals surface area (Å²) in [5, 5.41) is 4.90. The van der Waals surface area contributed by atoms with Crippen LogP contribution >= 0.6 is 0 Å². The van der Waals surface area contributed by atoms with Gasteiger partial charge in [0.2, 0.25) is 0 Å². The number of nitrogens with zero attached hydrogens (tertiary/aromatic N) is 2. The molecule has 0 aliphatic carbocycles. The molecule has 0 fully saturated rings. The van der Waals surface area contributed by atoms with E-state index in [0.717, 1.165) is 22.7 Å². The van der Waals surface area contributed by atoms with Crippen molar-refractivity contribution in [2.75, 3.05) is 4.90 Å². The van der Waals surface area contributed by atoms with E-state index in [1.54, 1.807) is 0 Å². The van der Waals surface area contributed by atoms with Crippen molar-refractivity contribution in [2.45, 2.75) is 0 Å². The van der Waals surface area contributed by atoms with Gasteiger partial charge in [-0.3, -0.25) is 0 Å². The molecule has 2 nitrogen and oxygen atoms in total. The maximum absolute atomic E-state index is 2.44. The first-order valence-electron chi connectivity index (χ1n) is 18.5. The Labute approximate surface area is 315 Å². The molecule has 0 atom stereocenters. The van der Waals surface area contributed by atoms with E-state index in [1.165, 1.54) is 66.0 Å². The zero-order valence-electron chi connectivity index (χ0n) is 29.7. The second-order valence-electron chi connectivity index (χ2n) is 13.8. The second-order valence-corrected chi connectivity index (χ2v) is 13.8. The number of benzene rings is 9. The normalized spacial score (nSPS) is 11.3. The van der Waals surface area contributed by atoms with Gasteiger partial charge in [0.1, 0.15) is 0 Å². The van der Waals surface area contributed by atoms with Crippen molar-refractivity contribution in [3.63, 3.8) is 0 Å². The lowest BCUT2D eigenvalue weighted by Crippen LogP contribution is -2.11. The van der Waals surface area contributed by atoms with Gasteiger partial charge < -0.3 is 9.47 Å². The lowest BCUT2D eigenvalue weighted by Gasteiger charge is -2.28. The average molecular weight is 689 g/mol. The summed E-state index contributed by atoms with van der Waals surface area (Å²) in [6, 6.07) is 78.9. The number of aromatic nitrogens is 1. The zero-order valence-corrected chi connectivity index (χ0v) is 29.7. The van der Waals surface area contributed by atoms with E-state index in [-0.39, 0.29) is 0 Å². The summed E-state index contributed by atoms with van der Waals surface area (Å²) in [6.45, 7) is 0. The zero-order chi connectivity index (χ0) is 35.8. The van der Waals surface area contributed by atoms with E-state index >= 15 is 0 Å². The molecule has 54 heavy (non-hydrogen) atoms. The van der Waals surface area contributed by atoms with Crippen molar-refractivity contribution in [2.24, 2.45) is 0 Å². The molecular weight excluding hydrogens is 653 g/mol. The first-order valence-corrected chi connectivity index (χ1v) is 18.5. The maximum Gasteiger partial charge on any atom is 0.0541 e. The molecule has 0 radical (unpaired) electrons. The van der Waals surface area contributed by atoms with Crippen LogP contribution in [0.15, 0.2) is 218 Å². The minimum atomic E-state index is 1.12. The van der Waals surface area contributed by atoms with Gasteiger partial charge in [0, 0.05) is 33.4 Å². The van der Waals surface area contributed by atoms with Crippen LogP contribution in [0.25, 0.3) is 71.6 Å². The molecule has 0 saturated carbocycles. The molecule has 2 heteroatoms. The van der Waals surface area contributed by atoms with Crippen molar-refractivity contribution in [1.82, 2.24) is 4.57 Å². The summed E-state index contributed by atoms with van der Waals surface area (Å²) in [6.07, 6.45) is 0. The van der Waals surface area contributed by atoms with Crippen LogP contribution in [-0.4, -0.2) is 4.57 Å². The van der Waals surface area contributed by atoms with Gasteiger partial charge in [0.05, 0.1) is 16.7 Å². The van der Waals surface area contributed by atoms with Crippen LogP contribution in [0, 0.1) is 0 Å². The van der Waals surface area contributed by atoms with Crippen LogP contribution in [0.2, 0.25) is 0 Å². The highest BCUT2D eigenvalue weighted by Crippen LogP contribution is 2.43. The summed E-state index contributed by atoms with van der Waals surface area (Å²) >= 11 is 0. The van der Waals surface area contributed by atoms with Crippen LogP contribution in [0.5, 0.6) is 0 Å². The third-order valence-electron chi connectivity index (χ3n) is 10.5. The molecule has 10 aromatic rings. The smallest absolute Gasteiger partial charge is 0.0541 e. The topological polar surface area (TPSA) is 8.17 Å². The average Bonchev–Trinajstić information content (AvgIpc) is 3.58. The van der Waals surface area contributed by atoms with Crippen LogP contribution in [-0.2, 0) is 0 Å². The Hall–Kier alpha value is -7.16. The van der Waals surface area contributed by atoms with E-state index in [0.29, 0.717) is 0 Å². The third kappa shape index (κ3) is 5.62. The molecule has 0 bridgehead atoms. The van der Waals surface area contributed by atoms with Crippen molar-refractivity contribution < 1.29 is 0 Å². The number of para-hydroxylation sites is 3. The first-order chi connectivity index (χ1) is 26.8. The lowest BCUT2D eigenvalue weighted by molar-refractivity contribution is 1.18. The van der Waals surface area contributed by atoms with Gasteiger partial charge in [-0.25, -0.2) is 0 Å². The summed E-state index contributed by atoms with van der Waals surface area (Å²) in [4.78, 5) is 2.38. The summed E-state index contributed by atoms with van der Waals surface area (Å²) in [5.74, 6) is 0. The van der Waals surface area contributed by atoms with Crippen LogP contribution in [0.3, 0.4) is 0 Å². The standard InChI is InChI=1S/C52H36N2/c1-4-16-37(17-5-1)42-32-43(38-18-6-2-7-19-38)35-46(34-42)54-51-27-15-13-25-48(51)49-36-41(29-31-52(49)54)47-24-12-14-26-50(47)53(44-22-8-3-9-23-44)45-30-28-39-20-10-11-21-40(39)33-45/h1-36H. The van der Waals surface area contributed by atoms with Crippen molar-refractivity contribution in [3.8, 4) is 39.1 Å². The molecule has 9 aromatic carbocycles. The molecule has 0 aliphatic rings. The predicted molar refractivity (Wildman–Crippen MR) is 229 cm³/mol. The predicted octanol–water partition coefficient (Wildman–Crippen LogP) is 14.4. The second kappa shape index (κ2) is 13.4. The Bertz CT molecular complexity index is 2870. The molecule has 0 amide bonds. The lowest BCUT2D eigenvalue weighted by atomic mass is 9.98. The molecule has 10 rings (SSSR count). The fraction of sp³-hybridized carbons (Fsp3) is 0. The summed E-state index contributed by atoms with van der Waals surface area (Å²) in [7, 11) is 0. The highest BCUT2D eigenvalue weighted by Gasteiger charge is 2.20. The first kappa shape index (κ1) is 31.6. The Morgan fingerprint density at radius 3 is 1.65 bits per heavy atom. The molecule has 0 spiro atoms. The van der Waals surface area contributed by atoms with Crippen LogP contribution < -0.4 is 4.90 Å². The Balaban J connectivity index is 1.17. The summed E-state index contributed by atoms with van der Waals surface area (Å²) < 4.78 is 2.44. The van der Waals surface area contributed by atoms with Crippen LogP contribution in [0.4, 0.5) is 17.1 Å². The number of hydrogen-bond donors (Lipinski definition) is 0. The molecule has 254 valence electrons. The molecule has 1 aromatic heterocycles. The highest BCUT2D eigenvalue weighted by atomic mass is 15.1. The van der Waals surface area contributed by atoms with Gasteiger partial charge in [0.15, 0.2) is 0 Å². The SMILES string of the molecule is c1ccc(-c2cc(-c3ccccc3)cc(-n3c4ccccc4c4cc(-c5ccccc5N(c5ccccc5)c5ccc6ccccc6c5)ccc43)c2)cc1. The third-order valence-corrected chi connectivity index (χ3v) is 10.5. The Morgan fingerprint density at radius 1 is 0.315 bits per heavy atom. The van der Waals surface area contributed by atoms with Gasteiger partial charge >= 0.3 is 0 Å². The van der Waals surface area contributed by atoms with E-state index in [4.69, 9.17) is 0 Å². The van der Waals surface area contributed by atoms with Crippen LogP contribution in [0.1, 0.15) is 0 Å². The van der Waals surface area contributed by atoms with E-state index < -0.39 is 0 Å². The van der Waals surface area contributed by atoms with Crippen molar-refractivity contribution in [1.29, 1.82) is 0 Å². The molecule has 0 unspecified atom stereocenters. The number of fused-ring (bicyclic) bond motifs is 4. The van der Waals surface area contributed by atoms with Gasteiger partial charge in [-0.15, -0.1) is 0 Å². The number of hydrogen-bond acceptors (Lipinski definition) is 1. The number of rotatable bonds is 7. The molecule has 0 saturated heterocycles. The Morgan fingerprint density at radius 2 is 0.907 bits per heavy atom. The molecule has 0 N–H and O–H groups in total. The fourth-order valence-electron chi connectivity index (χ4n) is 7.99. The van der Waals surface area contributed by atoms with Gasteiger partial charge in [-0.1, -0.05) is 152 Å². The molecule has 0 aliphatic heterocycles. The fourth-order valence-corrected chi connectivity index (χ4v) is 7.99. The number of anilines is 3. The molecular formula is C52H36N2. The molecule has 1 heterocycles. The highest BCUT2D eigenvalue weighted by molar-refractivity contribution is 6.11. The van der Waals surface area contributed by atoms with E-state index in [1.807, 2.05) is 0 Å². The largest absolute Gasteiger partial charge is 0.310 e. The van der Waals surface area contributed by atoms with Crippen molar-refractivity contribution in [3.05, 3.63) is 218 Å². The quantitative estimate of drug-likeness (QED) is 0.162. The van der Waals surface area contributed by atoms with Gasteiger partial charge in [-0.2, -0.15) is 0 Å². The van der Waals surface area contributed by atoms with E-state index in [9.17, 15) is 0 Å². The van der Waals surface area contributed by atoms with E-state index in [2.05, 4.69) is 228 Å². The summed E-state index contributed by atoms with van der Waals surface area (Å²) in [5.41, 5.74) is 14.0. The van der Waals surface area contributed by atoms with Crippen molar-refractivity contribution >= 4 is 49.6 Å². The Kier molecular flexibility index (Phi) is 7.85. The minimum Gasteiger partial charge on any atom is -0.310 e. The maximum atomic E-state index is 2.44. The van der Waals surface area contributed by atoms with Gasteiger partial charge in [0.25, 0.3) is 0 Å². The minimum absolute atomic E-state index is 1.12. The van der Waals surface area contributed by atoms with Gasteiger partial charge in [-0.05, 0) is 105 Å².